The highest BCUT2D eigenvalue weighted by Crippen LogP contribution is 2.14. The first-order chi connectivity index (χ1) is 6.65. The van der Waals surface area contributed by atoms with Crippen molar-refractivity contribution in [2.45, 2.75) is 6.92 Å². The van der Waals surface area contributed by atoms with Gasteiger partial charge in [0.15, 0.2) is 0 Å². The minimum absolute atomic E-state index is 0.173. The van der Waals surface area contributed by atoms with Gasteiger partial charge in [-0.25, -0.2) is 4.39 Å². The molecule has 0 aliphatic rings. The molecule has 1 amide bonds. The molecule has 1 rings (SSSR count). The van der Waals surface area contributed by atoms with Crippen LogP contribution in [0.3, 0.4) is 0 Å². The topological polar surface area (TPSA) is 20.3 Å². The van der Waals surface area contributed by atoms with E-state index in [4.69, 9.17) is 0 Å². The van der Waals surface area contributed by atoms with E-state index in [0.717, 1.165) is 0 Å². The van der Waals surface area contributed by atoms with Crippen LogP contribution in [-0.2, 0) is 4.79 Å². The molecule has 0 radical (unpaired) electrons. The van der Waals surface area contributed by atoms with Crippen LogP contribution in [0.25, 0.3) is 0 Å². The predicted molar refractivity (Wildman–Crippen MR) is 53.3 cm³/mol. The summed E-state index contributed by atoms with van der Waals surface area (Å²) >= 11 is 0. The van der Waals surface area contributed by atoms with Crippen LogP contribution in [0.2, 0.25) is 0 Å². The number of benzene rings is 1. The molecule has 0 aliphatic carbocycles. The van der Waals surface area contributed by atoms with Crippen LogP contribution in [0.15, 0.2) is 42.8 Å². The lowest BCUT2D eigenvalue weighted by atomic mass is 10.3. The standard InChI is InChI=1S/C11H10FNO/c1-3-8-13(9(2)14)11-6-4-10(12)5-7-11/h4-8H,1H2,2H3. The number of carbonyl (C=O) groups excluding carboxylic acids is 1. The molecule has 2 nitrogen and oxygen atoms in total. The van der Waals surface area contributed by atoms with Crippen LogP contribution in [-0.4, -0.2) is 5.91 Å². The SMILES string of the molecule is C=C=CN(C(C)=O)c1ccc(F)cc1. The van der Waals surface area contributed by atoms with E-state index in [-0.39, 0.29) is 11.7 Å². The molecule has 0 heterocycles. The van der Waals surface area contributed by atoms with Crippen LogP contribution in [0.1, 0.15) is 6.92 Å². The number of anilines is 1. The van der Waals surface area contributed by atoms with Gasteiger partial charge < -0.3 is 0 Å². The molecule has 0 aromatic heterocycles. The summed E-state index contributed by atoms with van der Waals surface area (Å²) < 4.78 is 12.6. The maximum atomic E-state index is 12.6. The fourth-order valence-corrected chi connectivity index (χ4v) is 1.04. The molecule has 72 valence electrons. The summed E-state index contributed by atoms with van der Waals surface area (Å²) in [7, 11) is 0. The van der Waals surface area contributed by atoms with Gasteiger partial charge in [0.1, 0.15) is 5.82 Å². The van der Waals surface area contributed by atoms with Crippen LogP contribution in [0.5, 0.6) is 0 Å². The fraction of sp³-hybridized carbons (Fsp3) is 0.0909. The first kappa shape index (κ1) is 10.2. The van der Waals surface area contributed by atoms with E-state index in [1.165, 1.54) is 42.3 Å². The second-order valence-corrected chi connectivity index (χ2v) is 2.70. The smallest absolute Gasteiger partial charge is 0.228 e. The summed E-state index contributed by atoms with van der Waals surface area (Å²) in [5, 5.41) is 0. The Hall–Kier alpha value is -1.86. The first-order valence-electron chi connectivity index (χ1n) is 4.06. The van der Waals surface area contributed by atoms with Gasteiger partial charge in [0.25, 0.3) is 0 Å². The van der Waals surface area contributed by atoms with E-state index in [2.05, 4.69) is 12.3 Å². The Morgan fingerprint density at radius 2 is 2.07 bits per heavy atom. The summed E-state index contributed by atoms with van der Waals surface area (Å²) in [6.07, 6.45) is 1.41. The number of hydrogen-bond donors (Lipinski definition) is 0. The van der Waals surface area contributed by atoms with Crippen molar-refractivity contribution in [3.05, 3.63) is 48.6 Å². The molecule has 1 aromatic rings. The highest BCUT2D eigenvalue weighted by Gasteiger charge is 2.07. The first-order valence-corrected chi connectivity index (χ1v) is 4.06. The second kappa shape index (κ2) is 4.40. The van der Waals surface area contributed by atoms with E-state index in [1.807, 2.05) is 0 Å². The fourth-order valence-electron chi connectivity index (χ4n) is 1.04. The summed E-state index contributed by atoms with van der Waals surface area (Å²) in [5.41, 5.74) is 3.09. The molecule has 0 atom stereocenters. The number of rotatable bonds is 2. The number of hydrogen-bond acceptors (Lipinski definition) is 1. The van der Waals surface area contributed by atoms with Crippen molar-refractivity contribution in [2.75, 3.05) is 4.90 Å². The number of halogens is 1. The molecule has 0 saturated carbocycles. The lowest BCUT2D eigenvalue weighted by Gasteiger charge is -2.14. The molecular formula is C11H10FNO. The highest BCUT2D eigenvalue weighted by molar-refractivity contribution is 5.93. The van der Waals surface area contributed by atoms with Crippen molar-refractivity contribution in [3.8, 4) is 0 Å². The zero-order valence-corrected chi connectivity index (χ0v) is 7.83. The average Bonchev–Trinajstić information content (AvgIpc) is 2.15. The van der Waals surface area contributed by atoms with Crippen molar-refractivity contribution in [1.29, 1.82) is 0 Å². The Kier molecular flexibility index (Phi) is 3.21. The van der Waals surface area contributed by atoms with Crippen LogP contribution >= 0.6 is 0 Å². The third-order valence-electron chi connectivity index (χ3n) is 1.66. The maximum absolute atomic E-state index is 12.6. The van der Waals surface area contributed by atoms with E-state index < -0.39 is 0 Å². The van der Waals surface area contributed by atoms with E-state index in [9.17, 15) is 9.18 Å². The molecule has 14 heavy (non-hydrogen) atoms. The molecule has 3 heteroatoms. The quantitative estimate of drug-likeness (QED) is 0.657. The van der Waals surface area contributed by atoms with Crippen LogP contribution < -0.4 is 4.90 Å². The van der Waals surface area contributed by atoms with Gasteiger partial charge in [0.2, 0.25) is 5.91 Å². The van der Waals surface area contributed by atoms with Gasteiger partial charge in [-0.15, -0.1) is 5.73 Å². The lowest BCUT2D eigenvalue weighted by molar-refractivity contribution is -0.115. The number of nitrogens with zero attached hydrogens (tertiary/aromatic N) is 1. The molecule has 1 aromatic carbocycles. The molecular weight excluding hydrogens is 181 g/mol. The molecule has 0 aliphatic heterocycles. The molecule has 0 saturated heterocycles. The van der Waals surface area contributed by atoms with Gasteiger partial charge in [0, 0.05) is 12.6 Å². The van der Waals surface area contributed by atoms with Crippen LogP contribution in [0, 0.1) is 5.82 Å². The van der Waals surface area contributed by atoms with Crippen molar-refractivity contribution in [3.63, 3.8) is 0 Å². The minimum Gasteiger partial charge on any atom is -0.281 e. The zero-order valence-electron chi connectivity index (χ0n) is 7.83. The molecule has 0 spiro atoms. The highest BCUT2D eigenvalue weighted by atomic mass is 19.1. The van der Waals surface area contributed by atoms with Gasteiger partial charge in [0.05, 0.1) is 6.20 Å². The average molecular weight is 191 g/mol. The van der Waals surface area contributed by atoms with Gasteiger partial charge in [-0.3, -0.25) is 9.69 Å². The lowest BCUT2D eigenvalue weighted by Crippen LogP contribution is -2.21. The summed E-state index contributed by atoms with van der Waals surface area (Å²) in [6.45, 7) is 4.79. The Balaban J connectivity index is 3.05. The van der Waals surface area contributed by atoms with Gasteiger partial charge in [-0.1, -0.05) is 6.58 Å². The van der Waals surface area contributed by atoms with Gasteiger partial charge in [-0.2, -0.15) is 0 Å². The number of carbonyl (C=O) groups is 1. The van der Waals surface area contributed by atoms with Crippen molar-refractivity contribution in [2.24, 2.45) is 0 Å². The van der Waals surface area contributed by atoms with Crippen molar-refractivity contribution in [1.82, 2.24) is 0 Å². The van der Waals surface area contributed by atoms with Gasteiger partial charge in [-0.05, 0) is 24.3 Å². The van der Waals surface area contributed by atoms with E-state index >= 15 is 0 Å². The summed E-state index contributed by atoms with van der Waals surface area (Å²) in [5.74, 6) is -0.507. The molecule has 0 N–H and O–H groups in total. The van der Waals surface area contributed by atoms with Crippen molar-refractivity contribution < 1.29 is 9.18 Å². The Morgan fingerprint density at radius 1 is 1.50 bits per heavy atom. The Morgan fingerprint density at radius 3 is 2.50 bits per heavy atom. The zero-order chi connectivity index (χ0) is 10.6. The van der Waals surface area contributed by atoms with Crippen LogP contribution in [0.4, 0.5) is 10.1 Å². The number of amides is 1. The van der Waals surface area contributed by atoms with Gasteiger partial charge >= 0.3 is 0 Å². The summed E-state index contributed by atoms with van der Waals surface area (Å²) in [6, 6.07) is 5.62. The van der Waals surface area contributed by atoms with E-state index in [0.29, 0.717) is 5.69 Å². The molecule has 0 unspecified atom stereocenters. The summed E-state index contributed by atoms with van der Waals surface area (Å²) in [4.78, 5) is 12.5. The van der Waals surface area contributed by atoms with E-state index in [1.54, 1.807) is 0 Å². The van der Waals surface area contributed by atoms with Crippen molar-refractivity contribution >= 4 is 11.6 Å². The normalized spacial score (nSPS) is 9.00. The minimum atomic E-state index is -0.333. The largest absolute Gasteiger partial charge is 0.281 e. The predicted octanol–water partition coefficient (Wildman–Crippen LogP) is 2.48. The monoisotopic (exact) mass is 191 g/mol. The second-order valence-electron chi connectivity index (χ2n) is 2.70. The molecule has 0 fully saturated rings. The third kappa shape index (κ3) is 2.31. The maximum Gasteiger partial charge on any atom is 0.228 e. The third-order valence-corrected chi connectivity index (χ3v) is 1.66. The Bertz CT molecular complexity index is 375. The molecule has 0 bridgehead atoms. The Labute approximate surface area is 82.0 Å².